The van der Waals surface area contributed by atoms with Gasteiger partial charge in [-0.2, -0.15) is 0 Å². The molecule has 0 spiro atoms. The first kappa shape index (κ1) is 26.6. The minimum Gasteiger partial charge on any atom is -0.461 e. The first-order valence-corrected chi connectivity index (χ1v) is 12.8. The van der Waals surface area contributed by atoms with Crippen LogP contribution in [-0.2, 0) is 20.7 Å². The number of nitrogens with zero attached hydrogens (tertiary/aromatic N) is 1. The van der Waals surface area contributed by atoms with Crippen molar-refractivity contribution in [2.45, 2.75) is 92.2 Å². The fourth-order valence-corrected chi connectivity index (χ4v) is 5.62. The van der Waals surface area contributed by atoms with Crippen molar-refractivity contribution in [3.8, 4) is 0 Å². The second-order valence-corrected chi connectivity index (χ2v) is 12.1. The lowest BCUT2D eigenvalue weighted by atomic mass is 9.75. The van der Waals surface area contributed by atoms with Crippen LogP contribution in [0.4, 0.5) is 8.78 Å². The van der Waals surface area contributed by atoms with Crippen LogP contribution in [-0.4, -0.2) is 35.5 Å². The quantitative estimate of drug-likeness (QED) is 0.461. The molecule has 0 N–H and O–H groups in total. The first-order valence-electron chi connectivity index (χ1n) is 12.8. The molecule has 3 rings (SSSR count). The van der Waals surface area contributed by atoms with Crippen LogP contribution in [0.15, 0.2) is 18.2 Å². The molecule has 1 aromatic carbocycles. The van der Waals surface area contributed by atoms with Crippen molar-refractivity contribution in [2.24, 2.45) is 29.1 Å². The highest BCUT2D eigenvalue weighted by atomic mass is 19.2. The molecule has 1 saturated heterocycles. The highest BCUT2D eigenvalue weighted by molar-refractivity contribution is 5.85. The van der Waals surface area contributed by atoms with E-state index in [2.05, 4.69) is 20.8 Å². The van der Waals surface area contributed by atoms with Gasteiger partial charge in [0.1, 0.15) is 12.1 Å². The Morgan fingerprint density at radius 1 is 1.15 bits per heavy atom. The van der Waals surface area contributed by atoms with Crippen molar-refractivity contribution >= 4 is 11.9 Å². The van der Waals surface area contributed by atoms with Crippen LogP contribution in [0, 0.1) is 40.7 Å². The van der Waals surface area contributed by atoms with E-state index in [9.17, 15) is 18.4 Å². The van der Waals surface area contributed by atoms with E-state index in [4.69, 9.17) is 4.74 Å². The van der Waals surface area contributed by atoms with Crippen LogP contribution in [0.5, 0.6) is 0 Å². The summed E-state index contributed by atoms with van der Waals surface area (Å²) in [5.41, 5.74) is 0.0584. The van der Waals surface area contributed by atoms with E-state index in [1.54, 1.807) is 11.0 Å². The molecule has 1 aliphatic carbocycles. The lowest BCUT2D eigenvalue weighted by molar-refractivity contribution is -0.164. The first-order chi connectivity index (χ1) is 15.9. The van der Waals surface area contributed by atoms with E-state index in [1.807, 2.05) is 20.8 Å². The van der Waals surface area contributed by atoms with E-state index in [1.165, 1.54) is 6.07 Å². The zero-order valence-corrected chi connectivity index (χ0v) is 21.6. The predicted molar refractivity (Wildman–Crippen MR) is 129 cm³/mol. The van der Waals surface area contributed by atoms with Gasteiger partial charge in [-0.05, 0) is 66.4 Å². The number of benzene rings is 1. The van der Waals surface area contributed by atoms with Crippen LogP contribution in [0.3, 0.4) is 0 Å². The van der Waals surface area contributed by atoms with Crippen molar-refractivity contribution in [3.05, 3.63) is 35.4 Å². The number of hydrogen-bond acceptors (Lipinski definition) is 3. The van der Waals surface area contributed by atoms with Crippen LogP contribution < -0.4 is 0 Å². The zero-order chi connectivity index (χ0) is 25.2. The molecule has 0 radical (unpaired) electrons. The maximum absolute atomic E-state index is 14.3. The van der Waals surface area contributed by atoms with Crippen molar-refractivity contribution < 1.29 is 23.1 Å². The maximum Gasteiger partial charge on any atom is 0.329 e. The fraction of sp³-hybridized carbons (Fsp3) is 0.714. The largest absolute Gasteiger partial charge is 0.461 e. The van der Waals surface area contributed by atoms with E-state index in [0.717, 1.165) is 25.3 Å². The number of halogens is 2. The number of ether oxygens (including phenoxy) is 1. The van der Waals surface area contributed by atoms with E-state index in [-0.39, 0.29) is 41.3 Å². The average Bonchev–Trinajstić information content (AvgIpc) is 3.14. The summed E-state index contributed by atoms with van der Waals surface area (Å²) in [4.78, 5) is 28.3. The number of carbonyl (C=O) groups excluding carboxylic acids is 2. The van der Waals surface area contributed by atoms with E-state index < -0.39 is 17.7 Å². The summed E-state index contributed by atoms with van der Waals surface area (Å²) >= 11 is 0. The van der Waals surface area contributed by atoms with Gasteiger partial charge in [0.15, 0.2) is 11.6 Å². The molecule has 1 saturated carbocycles. The number of esters is 1. The highest BCUT2D eigenvalue weighted by Gasteiger charge is 2.43. The molecule has 2 aliphatic rings. The summed E-state index contributed by atoms with van der Waals surface area (Å²) in [6, 6.07) is 3.49. The summed E-state index contributed by atoms with van der Waals surface area (Å²) in [7, 11) is 0. The molecule has 1 amide bonds. The molecule has 1 aromatic rings. The smallest absolute Gasteiger partial charge is 0.329 e. The minimum absolute atomic E-state index is 0.0888. The lowest BCUT2D eigenvalue weighted by Crippen LogP contribution is -2.45. The second kappa shape index (κ2) is 10.7. The van der Waals surface area contributed by atoms with Gasteiger partial charge in [0, 0.05) is 13.0 Å². The SMILES string of the molecule is CC(C)[C@@H]1CC[C@@H](C)C[C@H]1OC(=O)[C@@H]1CC(Cc2cccc(F)c2F)CN1C(=O)CC(C)(C)C. The number of amides is 1. The molecule has 1 unspecified atom stereocenters. The Bertz CT molecular complexity index is 879. The summed E-state index contributed by atoms with van der Waals surface area (Å²) in [6.07, 6.45) is 3.87. The van der Waals surface area contributed by atoms with Gasteiger partial charge >= 0.3 is 5.97 Å². The standard InChI is InChI=1S/C28H41F2NO3/c1-17(2)21-11-10-18(3)12-24(21)34-27(33)23-14-19(13-20-8-7-9-22(29)26(20)30)16-31(23)25(32)15-28(4,5)6/h7-9,17-19,21,23-24H,10-16H2,1-6H3/t18-,19?,21+,23+,24-/m1/s1. The number of hydrogen-bond donors (Lipinski definition) is 0. The number of rotatable bonds is 6. The summed E-state index contributed by atoms with van der Waals surface area (Å²) in [6.45, 7) is 12.8. The van der Waals surface area contributed by atoms with E-state index >= 15 is 0 Å². The summed E-state index contributed by atoms with van der Waals surface area (Å²) in [5.74, 6) is -1.07. The Balaban J connectivity index is 1.78. The van der Waals surface area contributed by atoms with E-state index in [0.29, 0.717) is 37.1 Å². The predicted octanol–water partition coefficient (Wildman–Crippen LogP) is 6.16. The molecule has 1 heterocycles. The van der Waals surface area contributed by atoms with Crippen molar-refractivity contribution in [2.75, 3.05) is 6.54 Å². The molecule has 1 aliphatic heterocycles. The maximum atomic E-state index is 14.3. The van der Waals surface area contributed by atoms with Gasteiger partial charge in [-0.1, -0.05) is 60.1 Å². The van der Waals surface area contributed by atoms with Crippen LogP contribution in [0.2, 0.25) is 0 Å². The molecule has 190 valence electrons. The van der Waals surface area contributed by atoms with Gasteiger partial charge < -0.3 is 9.64 Å². The molecule has 0 bridgehead atoms. The van der Waals surface area contributed by atoms with Gasteiger partial charge in [0.2, 0.25) is 5.91 Å². The second-order valence-electron chi connectivity index (χ2n) is 12.1. The van der Waals surface area contributed by atoms with Crippen LogP contribution in [0.25, 0.3) is 0 Å². The fourth-order valence-electron chi connectivity index (χ4n) is 5.62. The third kappa shape index (κ3) is 6.57. The van der Waals surface area contributed by atoms with Crippen molar-refractivity contribution in [1.82, 2.24) is 4.90 Å². The number of carbonyl (C=O) groups is 2. The summed E-state index contributed by atoms with van der Waals surface area (Å²) in [5, 5.41) is 0. The van der Waals surface area contributed by atoms with Gasteiger partial charge in [-0.15, -0.1) is 0 Å². The Labute approximate surface area is 203 Å². The third-order valence-corrected chi connectivity index (χ3v) is 7.43. The topological polar surface area (TPSA) is 46.6 Å². The zero-order valence-electron chi connectivity index (χ0n) is 21.6. The Morgan fingerprint density at radius 2 is 1.85 bits per heavy atom. The lowest BCUT2D eigenvalue weighted by Gasteiger charge is -2.37. The molecule has 2 fully saturated rings. The minimum atomic E-state index is -0.877. The van der Waals surface area contributed by atoms with Crippen LogP contribution >= 0.6 is 0 Å². The molecular formula is C28H41F2NO3. The normalized spacial score (nSPS) is 27.8. The van der Waals surface area contributed by atoms with Gasteiger partial charge in [-0.3, -0.25) is 4.79 Å². The van der Waals surface area contributed by atoms with Crippen molar-refractivity contribution in [3.63, 3.8) is 0 Å². The average molecular weight is 478 g/mol. The molecular weight excluding hydrogens is 436 g/mol. The Kier molecular flexibility index (Phi) is 8.41. The Morgan fingerprint density at radius 3 is 2.50 bits per heavy atom. The molecule has 0 aromatic heterocycles. The molecule has 6 heteroatoms. The van der Waals surface area contributed by atoms with Gasteiger partial charge in [0.05, 0.1) is 0 Å². The third-order valence-electron chi connectivity index (χ3n) is 7.43. The molecule has 34 heavy (non-hydrogen) atoms. The monoisotopic (exact) mass is 477 g/mol. The van der Waals surface area contributed by atoms with Crippen LogP contribution in [0.1, 0.15) is 79.2 Å². The molecule has 5 atom stereocenters. The molecule has 4 nitrogen and oxygen atoms in total. The highest BCUT2D eigenvalue weighted by Crippen LogP contribution is 2.37. The van der Waals surface area contributed by atoms with Crippen molar-refractivity contribution in [1.29, 1.82) is 0 Å². The van der Waals surface area contributed by atoms with Gasteiger partial charge in [0.25, 0.3) is 0 Å². The Hall–Kier alpha value is -1.98. The summed E-state index contributed by atoms with van der Waals surface area (Å²) < 4.78 is 34.1. The van der Waals surface area contributed by atoms with Gasteiger partial charge in [-0.25, -0.2) is 13.6 Å². The number of likely N-dealkylation sites (tertiary alicyclic amines) is 1.